The molecule has 0 radical (unpaired) electrons. The quantitative estimate of drug-likeness (QED) is 0.910. The molecule has 2 rings (SSSR count). The Labute approximate surface area is 95.1 Å². The molecule has 1 aromatic carbocycles. The molecule has 0 aliphatic heterocycles. The van der Waals surface area contributed by atoms with Crippen LogP contribution in [0.1, 0.15) is 0 Å². The third-order valence-electron chi connectivity index (χ3n) is 2.06. The molecule has 0 unspecified atom stereocenters. The van der Waals surface area contributed by atoms with E-state index in [2.05, 4.69) is 21.1 Å². The van der Waals surface area contributed by atoms with Crippen LogP contribution in [0.2, 0.25) is 0 Å². The molecule has 0 bridgehead atoms. The third kappa shape index (κ3) is 1.70. The molecule has 5 heteroatoms. The molecule has 2 aromatic rings. The summed E-state index contributed by atoms with van der Waals surface area (Å²) in [4.78, 5) is 0. The SMILES string of the molecule is COc1c(Br)cccc1-c1cnoc1N. The summed E-state index contributed by atoms with van der Waals surface area (Å²) in [6.07, 6.45) is 1.57. The first-order valence-electron chi connectivity index (χ1n) is 4.27. The van der Waals surface area contributed by atoms with E-state index >= 15 is 0 Å². The van der Waals surface area contributed by atoms with E-state index in [0.29, 0.717) is 5.75 Å². The lowest BCUT2D eigenvalue weighted by Gasteiger charge is -2.08. The fraction of sp³-hybridized carbons (Fsp3) is 0.100. The smallest absolute Gasteiger partial charge is 0.230 e. The van der Waals surface area contributed by atoms with Crippen molar-refractivity contribution in [2.45, 2.75) is 0 Å². The number of aromatic nitrogens is 1. The van der Waals surface area contributed by atoms with E-state index in [1.165, 1.54) is 0 Å². The van der Waals surface area contributed by atoms with E-state index in [-0.39, 0.29) is 5.88 Å². The van der Waals surface area contributed by atoms with Crippen LogP contribution >= 0.6 is 15.9 Å². The molecule has 78 valence electrons. The first-order chi connectivity index (χ1) is 7.24. The Bertz CT molecular complexity index is 482. The maximum atomic E-state index is 5.65. The zero-order valence-corrected chi connectivity index (χ0v) is 9.61. The second-order valence-electron chi connectivity index (χ2n) is 2.92. The predicted molar refractivity (Wildman–Crippen MR) is 60.6 cm³/mol. The van der Waals surface area contributed by atoms with Crippen LogP contribution in [0.5, 0.6) is 5.75 Å². The Morgan fingerprint density at radius 2 is 2.20 bits per heavy atom. The number of ether oxygens (including phenoxy) is 1. The fourth-order valence-electron chi connectivity index (χ4n) is 1.38. The normalized spacial score (nSPS) is 10.3. The fourth-order valence-corrected chi connectivity index (χ4v) is 1.91. The van der Waals surface area contributed by atoms with Gasteiger partial charge in [-0.25, -0.2) is 0 Å². The number of hydrogen-bond donors (Lipinski definition) is 1. The molecule has 1 heterocycles. The maximum absolute atomic E-state index is 5.65. The standard InChI is InChI=1S/C10H9BrN2O2/c1-14-9-6(3-2-4-8(9)11)7-5-13-15-10(7)12/h2-5H,12H2,1H3. The predicted octanol–water partition coefficient (Wildman–Crippen LogP) is 2.69. The van der Waals surface area contributed by atoms with Gasteiger partial charge in [-0.1, -0.05) is 17.3 Å². The summed E-state index contributed by atoms with van der Waals surface area (Å²) >= 11 is 3.40. The second kappa shape index (κ2) is 3.94. The Morgan fingerprint density at radius 1 is 1.40 bits per heavy atom. The van der Waals surface area contributed by atoms with Crippen LogP contribution in [0.3, 0.4) is 0 Å². The number of methoxy groups -OCH3 is 1. The highest BCUT2D eigenvalue weighted by molar-refractivity contribution is 9.10. The van der Waals surface area contributed by atoms with Crippen molar-refractivity contribution in [2.75, 3.05) is 12.8 Å². The van der Waals surface area contributed by atoms with E-state index in [4.69, 9.17) is 15.0 Å². The molecule has 0 fully saturated rings. The molecule has 4 nitrogen and oxygen atoms in total. The summed E-state index contributed by atoms with van der Waals surface area (Å²) in [6.45, 7) is 0. The van der Waals surface area contributed by atoms with Gasteiger partial charge in [0.1, 0.15) is 5.75 Å². The molecule has 0 saturated carbocycles. The zero-order chi connectivity index (χ0) is 10.8. The summed E-state index contributed by atoms with van der Waals surface area (Å²) in [5.41, 5.74) is 7.23. The molecule has 0 atom stereocenters. The number of hydrogen-bond acceptors (Lipinski definition) is 4. The number of nitrogens with two attached hydrogens (primary N) is 1. The molecular formula is C10H9BrN2O2. The van der Waals surface area contributed by atoms with Gasteiger partial charge in [0.2, 0.25) is 5.88 Å². The van der Waals surface area contributed by atoms with E-state index < -0.39 is 0 Å². The van der Waals surface area contributed by atoms with Crippen molar-refractivity contribution in [1.29, 1.82) is 0 Å². The molecule has 0 aliphatic rings. The zero-order valence-electron chi connectivity index (χ0n) is 8.03. The number of benzene rings is 1. The minimum atomic E-state index is 0.284. The summed E-state index contributed by atoms with van der Waals surface area (Å²) in [5.74, 6) is 0.999. The minimum Gasteiger partial charge on any atom is -0.495 e. The minimum absolute atomic E-state index is 0.284. The monoisotopic (exact) mass is 268 g/mol. The molecule has 0 amide bonds. The van der Waals surface area contributed by atoms with Gasteiger partial charge in [0.25, 0.3) is 0 Å². The number of nitrogen functional groups attached to an aromatic ring is 1. The maximum Gasteiger partial charge on any atom is 0.230 e. The van der Waals surface area contributed by atoms with Crippen LogP contribution in [0.15, 0.2) is 33.4 Å². The Kier molecular flexibility index (Phi) is 2.64. The van der Waals surface area contributed by atoms with Crippen LogP contribution in [0.25, 0.3) is 11.1 Å². The largest absolute Gasteiger partial charge is 0.495 e. The Balaban J connectivity index is 2.63. The lowest BCUT2D eigenvalue weighted by molar-refractivity contribution is 0.413. The van der Waals surface area contributed by atoms with Crippen LogP contribution in [0.4, 0.5) is 5.88 Å². The summed E-state index contributed by atoms with van der Waals surface area (Å²) in [6, 6.07) is 5.69. The summed E-state index contributed by atoms with van der Waals surface area (Å²) in [7, 11) is 1.60. The van der Waals surface area contributed by atoms with Gasteiger partial charge in [-0.2, -0.15) is 0 Å². The average Bonchev–Trinajstić information content (AvgIpc) is 2.64. The number of nitrogens with zero attached hydrogens (tertiary/aromatic N) is 1. The number of para-hydroxylation sites is 1. The van der Waals surface area contributed by atoms with Gasteiger partial charge in [-0.05, 0) is 22.0 Å². The lowest BCUT2D eigenvalue weighted by atomic mass is 10.1. The molecule has 15 heavy (non-hydrogen) atoms. The molecule has 0 spiro atoms. The van der Waals surface area contributed by atoms with Crippen molar-refractivity contribution >= 4 is 21.8 Å². The first kappa shape index (κ1) is 10.0. The van der Waals surface area contributed by atoms with Gasteiger partial charge in [-0.15, -0.1) is 0 Å². The number of halogens is 1. The Hall–Kier alpha value is -1.49. The van der Waals surface area contributed by atoms with Gasteiger partial charge in [0, 0.05) is 5.56 Å². The highest BCUT2D eigenvalue weighted by Gasteiger charge is 2.14. The van der Waals surface area contributed by atoms with E-state index in [0.717, 1.165) is 15.6 Å². The second-order valence-corrected chi connectivity index (χ2v) is 3.78. The van der Waals surface area contributed by atoms with Crippen molar-refractivity contribution in [1.82, 2.24) is 5.16 Å². The van der Waals surface area contributed by atoms with Gasteiger partial charge in [0.15, 0.2) is 0 Å². The van der Waals surface area contributed by atoms with Crippen LogP contribution in [-0.2, 0) is 0 Å². The van der Waals surface area contributed by atoms with Crippen LogP contribution in [-0.4, -0.2) is 12.3 Å². The van der Waals surface area contributed by atoms with Gasteiger partial charge in [0.05, 0.1) is 23.3 Å². The first-order valence-corrected chi connectivity index (χ1v) is 5.06. The molecular weight excluding hydrogens is 260 g/mol. The summed E-state index contributed by atoms with van der Waals surface area (Å²) < 4.78 is 11.0. The topological polar surface area (TPSA) is 61.3 Å². The van der Waals surface area contributed by atoms with Crippen LogP contribution in [0, 0.1) is 0 Å². The van der Waals surface area contributed by atoms with Crippen molar-refractivity contribution < 1.29 is 9.26 Å². The molecule has 0 saturated heterocycles. The Morgan fingerprint density at radius 3 is 2.80 bits per heavy atom. The lowest BCUT2D eigenvalue weighted by Crippen LogP contribution is -1.90. The highest BCUT2D eigenvalue weighted by atomic mass is 79.9. The average molecular weight is 269 g/mol. The van der Waals surface area contributed by atoms with Crippen molar-refractivity contribution in [3.05, 3.63) is 28.9 Å². The molecule has 0 aliphatic carbocycles. The van der Waals surface area contributed by atoms with Crippen molar-refractivity contribution in [2.24, 2.45) is 0 Å². The number of rotatable bonds is 2. The van der Waals surface area contributed by atoms with E-state index in [1.54, 1.807) is 13.3 Å². The van der Waals surface area contributed by atoms with E-state index in [9.17, 15) is 0 Å². The molecule has 2 N–H and O–H groups in total. The van der Waals surface area contributed by atoms with Gasteiger partial charge < -0.3 is 15.0 Å². The third-order valence-corrected chi connectivity index (χ3v) is 2.68. The van der Waals surface area contributed by atoms with Crippen LogP contribution < -0.4 is 10.5 Å². The summed E-state index contributed by atoms with van der Waals surface area (Å²) in [5, 5.41) is 3.63. The van der Waals surface area contributed by atoms with Crippen molar-refractivity contribution in [3.63, 3.8) is 0 Å². The van der Waals surface area contributed by atoms with E-state index in [1.807, 2.05) is 18.2 Å². The highest BCUT2D eigenvalue weighted by Crippen LogP contribution is 2.38. The number of anilines is 1. The van der Waals surface area contributed by atoms with Gasteiger partial charge in [-0.3, -0.25) is 0 Å². The van der Waals surface area contributed by atoms with Crippen molar-refractivity contribution in [3.8, 4) is 16.9 Å². The van der Waals surface area contributed by atoms with Gasteiger partial charge >= 0.3 is 0 Å². The molecule has 1 aromatic heterocycles.